The first kappa shape index (κ1) is 14.0. The average Bonchev–Trinajstić information content (AvgIpc) is 2.50. The topological polar surface area (TPSA) is 32.3 Å². The molecule has 1 saturated heterocycles. The second-order valence-electron chi connectivity index (χ2n) is 5.73. The highest BCUT2D eigenvalue weighted by atomic mass is 32.2. The highest BCUT2D eigenvalue weighted by molar-refractivity contribution is 7.99. The van der Waals surface area contributed by atoms with E-state index in [2.05, 4.69) is 29.2 Å². The second kappa shape index (κ2) is 6.19. The smallest absolute Gasteiger partial charge is 0.228 e. The summed E-state index contributed by atoms with van der Waals surface area (Å²) in [6.45, 7) is 1.04. The third-order valence-electron chi connectivity index (χ3n) is 4.42. The zero-order valence-electron chi connectivity index (χ0n) is 12.0. The zero-order valence-corrected chi connectivity index (χ0v) is 12.8. The Bertz CT molecular complexity index is 485. The fourth-order valence-electron chi connectivity index (χ4n) is 3.09. The summed E-state index contributed by atoms with van der Waals surface area (Å²) in [4.78, 5) is 13.9. The van der Waals surface area contributed by atoms with E-state index < -0.39 is 0 Å². The molecule has 0 aromatic heterocycles. The minimum atomic E-state index is 0.185. The molecule has 4 heteroatoms. The molecule has 3 rings (SSSR count). The van der Waals surface area contributed by atoms with Crippen LogP contribution >= 0.6 is 11.8 Å². The molecule has 2 aliphatic rings. The van der Waals surface area contributed by atoms with Gasteiger partial charge in [-0.25, -0.2) is 0 Å². The number of fused-ring (bicyclic) bond motifs is 1. The first-order valence-electron chi connectivity index (χ1n) is 7.42. The number of hydrogen-bond acceptors (Lipinski definition) is 3. The van der Waals surface area contributed by atoms with E-state index in [9.17, 15) is 4.79 Å². The molecule has 3 nitrogen and oxygen atoms in total. The van der Waals surface area contributed by atoms with E-state index in [1.54, 1.807) is 4.90 Å². The number of amides is 1. The lowest BCUT2D eigenvalue weighted by Crippen LogP contribution is -2.39. The van der Waals surface area contributed by atoms with Crippen LogP contribution in [0.5, 0.6) is 0 Å². The minimum Gasteiger partial charge on any atom is -0.315 e. The Kier molecular flexibility index (Phi) is 4.32. The Labute approximate surface area is 125 Å². The van der Waals surface area contributed by atoms with E-state index >= 15 is 0 Å². The van der Waals surface area contributed by atoms with Crippen LogP contribution in [-0.4, -0.2) is 31.0 Å². The lowest BCUT2D eigenvalue weighted by atomic mass is 9.95. The van der Waals surface area contributed by atoms with Crippen molar-refractivity contribution in [1.82, 2.24) is 5.32 Å². The molecular weight excluding hydrogens is 268 g/mol. The fourth-order valence-corrected chi connectivity index (χ4v) is 4.29. The van der Waals surface area contributed by atoms with Crippen LogP contribution in [0.4, 0.5) is 5.69 Å². The molecule has 0 radical (unpaired) electrons. The summed E-state index contributed by atoms with van der Waals surface area (Å²) in [7, 11) is 1.87. The zero-order chi connectivity index (χ0) is 13.9. The number of thioether (sulfide) groups is 1. The highest BCUT2D eigenvalue weighted by Crippen LogP contribution is 2.33. The number of carbonyl (C=O) groups is 1. The van der Waals surface area contributed by atoms with Crippen LogP contribution in [0.2, 0.25) is 0 Å². The lowest BCUT2D eigenvalue weighted by molar-refractivity contribution is -0.119. The summed E-state index contributed by atoms with van der Waals surface area (Å²) in [6, 6.07) is 8.44. The monoisotopic (exact) mass is 290 g/mol. The first-order chi connectivity index (χ1) is 9.75. The van der Waals surface area contributed by atoms with E-state index in [-0.39, 0.29) is 11.9 Å². The SMILES string of the molecule is CN1C(=O)CC(NCC2CCSCC2)c2ccccc21. The Morgan fingerprint density at radius 2 is 2.05 bits per heavy atom. The third kappa shape index (κ3) is 2.86. The van der Waals surface area contributed by atoms with Crippen molar-refractivity contribution in [3.05, 3.63) is 29.8 Å². The van der Waals surface area contributed by atoms with E-state index in [1.807, 2.05) is 19.2 Å². The average molecular weight is 290 g/mol. The fraction of sp³-hybridized carbons (Fsp3) is 0.562. The molecule has 108 valence electrons. The molecule has 20 heavy (non-hydrogen) atoms. The molecule has 1 amide bonds. The van der Waals surface area contributed by atoms with Gasteiger partial charge >= 0.3 is 0 Å². The van der Waals surface area contributed by atoms with E-state index in [1.165, 1.54) is 29.9 Å². The van der Waals surface area contributed by atoms with Gasteiger partial charge in [0.15, 0.2) is 0 Å². The third-order valence-corrected chi connectivity index (χ3v) is 5.47. The van der Waals surface area contributed by atoms with Crippen molar-refractivity contribution in [3.8, 4) is 0 Å². The maximum absolute atomic E-state index is 12.1. The van der Waals surface area contributed by atoms with Gasteiger partial charge in [0.25, 0.3) is 0 Å². The molecule has 0 aliphatic carbocycles. The largest absolute Gasteiger partial charge is 0.315 e. The van der Waals surface area contributed by atoms with Gasteiger partial charge in [-0.2, -0.15) is 11.8 Å². The second-order valence-corrected chi connectivity index (χ2v) is 6.96. The standard InChI is InChI=1S/C16H22N2OS/c1-18-15-5-3-2-4-13(15)14(10-16(18)19)17-11-12-6-8-20-9-7-12/h2-5,12,14,17H,6-11H2,1H3. The minimum absolute atomic E-state index is 0.185. The van der Waals surface area contributed by atoms with Crippen LogP contribution in [0.3, 0.4) is 0 Å². The molecule has 2 aliphatic heterocycles. The summed E-state index contributed by atoms with van der Waals surface area (Å²) in [5.74, 6) is 3.56. The van der Waals surface area contributed by atoms with Gasteiger partial charge in [-0.05, 0) is 48.4 Å². The van der Waals surface area contributed by atoms with Crippen molar-refractivity contribution in [2.45, 2.75) is 25.3 Å². The van der Waals surface area contributed by atoms with Crippen LogP contribution in [-0.2, 0) is 4.79 Å². The normalized spacial score (nSPS) is 23.8. The molecule has 0 bridgehead atoms. The molecule has 0 spiro atoms. The van der Waals surface area contributed by atoms with Crippen molar-refractivity contribution < 1.29 is 4.79 Å². The number of para-hydroxylation sites is 1. The van der Waals surface area contributed by atoms with Crippen LogP contribution in [0.1, 0.15) is 30.9 Å². The van der Waals surface area contributed by atoms with Gasteiger partial charge in [0.2, 0.25) is 5.91 Å². The van der Waals surface area contributed by atoms with Crippen LogP contribution in [0.15, 0.2) is 24.3 Å². The van der Waals surface area contributed by atoms with Crippen LogP contribution in [0.25, 0.3) is 0 Å². The summed E-state index contributed by atoms with van der Waals surface area (Å²) < 4.78 is 0. The number of rotatable bonds is 3. The van der Waals surface area contributed by atoms with Crippen molar-refractivity contribution in [2.24, 2.45) is 5.92 Å². The van der Waals surface area contributed by atoms with Gasteiger partial charge in [-0.3, -0.25) is 4.79 Å². The Morgan fingerprint density at radius 1 is 1.30 bits per heavy atom. The summed E-state index contributed by atoms with van der Waals surface area (Å²) in [5, 5.41) is 3.64. The maximum Gasteiger partial charge on any atom is 0.228 e. The molecule has 1 atom stereocenters. The van der Waals surface area contributed by atoms with E-state index in [0.717, 1.165) is 18.2 Å². The van der Waals surface area contributed by atoms with Gasteiger partial charge in [0, 0.05) is 25.2 Å². The predicted molar refractivity (Wildman–Crippen MR) is 85.3 cm³/mol. The van der Waals surface area contributed by atoms with Crippen LogP contribution < -0.4 is 10.2 Å². The number of anilines is 1. The molecule has 1 aromatic rings. The van der Waals surface area contributed by atoms with Crippen molar-refractivity contribution in [1.29, 1.82) is 0 Å². The molecular formula is C16H22N2OS. The Hall–Kier alpha value is -1.00. The van der Waals surface area contributed by atoms with Gasteiger partial charge < -0.3 is 10.2 Å². The number of nitrogens with one attached hydrogen (secondary N) is 1. The van der Waals surface area contributed by atoms with Crippen molar-refractivity contribution in [2.75, 3.05) is 30.0 Å². The molecule has 1 aromatic carbocycles. The quantitative estimate of drug-likeness (QED) is 0.929. The molecule has 2 heterocycles. The molecule has 1 unspecified atom stereocenters. The number of carbonyl (C=O) groups excluding carboxylic acids is 1. The number of nitrogens with zero attached hydrogens (tertiary/aromatic N) is 1. The molecule has 1 N–H and O–H groups in total. The highest BCUT2D eigenvalue weighted by Gasteiger charge is 2.29. The number of benzene rings is 1. The van der Waals surface area contributed by atoms with Gasteiger partial charge in [-0.1, -0.05) is 18.2 Å². The Morgan fingerprint density at radius 3 is 2.85 bits per heavy atom. The molecule has 1 fully saturated rings. The van der Waals surface area contributed by atoms with Crippen LogP contribution in [0, 0.1) is 5.92 Å². The maximum atomic E-state index is 12.1. The summed E-state index contributed by atoms with van der Waals surface area (Å²) in [5.41, 5.74) is 2.32. The predicted octanol–water partition coefficient (Wildman–Crippen LogP) is 2.83. The molecule has 0 saturated carbocycles. The van der Waals surface area contributed by atoms with Gasteiger partial charge in [-0.15, -0.1) is 0 Å². The summed E-state index contributed by atoms with van der Waals surface area (Å²) in [6.07, 6.45) is 3.19. The van der Waals surface area contributed by atoms with Gasteiger partial charge in [0.1, 0.15) is 0 Å². The number of hydrogen-bond donors (Lipinski definition) is 1. The van der Waals surface area contributed by atoms with Crippen molar-refractivity contribution in [3.63, 3.8) is 0 Å². The van der Waals surface area contributed by atoms with E-state index in [4.69, 9.17) is 0 Å². The lowest BCUT2D eigenvalue weighted by Gasteiger charge is -2.33. The summed E-state index contributed by atoms with van der Waals surface area (Å²) >= 11 is 2.06. The Balaban J connectivity index is 1.70. The van der Waals surface area contributed by atoms with Crippen molar-refractivity contribution >= 4 is 23.4 Å². The first-order valence-corrected chi connectivity index (χ1v) is 8.58. The van der Waals surface area contributed by atoms with Gasteiger partial charge in [0.05, 0.1) is 0 Å². The van der Waals surface area contributed by atoms with E-state index in [0.29, 0.717) is 6.42 Å².